The third kappa shape index (κ3) is 2.19. The zero-order valence-electron chi connectivity index (χ0n) is 12.3. The van der Waals surface area contributed by atoms with Crippen LogP contribution in [0.15, 0.2) is 24.3 Å². The van der Waals surface area contributed by atoms with Crippen LogP contribution < -0.4 is 5.73 Å². The predicted octanol–water partition coefficient (Wildman–Crippen LogP) is 2.90. The topological polar surface area (TPSA) is 63.4 Å². The first kappa shape index (κ1) is 14.6. The fourth-order valence-corrected chi connectivity index (χ4v) is 2.94. The number of anilines is 1. The number of imide groups is 1. The number of carbonyl (C=O) groups is 2. The van der Waals surface area contributed by atoms with Crippen molar-refractivity contribution in [3.05, 3.63) is 29.8 Å². The van der Waals surface area contributed by atoms with Crippen LogP contribution in [-0.4, -0.2) is 16.7 Å². The van der Waals surface area contributed by atoms with Gasteiger partial charge in [0.2, 0.25) is 11.8 Å². The second kappa shape index (κ2) is 5.27. The molecule has 1 heterocycles. The molecule has 1 aliphatic heterocycles. The standard InChI is InChI=1S/C16H22N2O2/c1-4-16(5-2)10-14(19)18(15(16)20)11(3)12-6-8-13(17)9-7-12/h6-9,11H,4-5,10,17H2,1-3H3. The van der Waals surface area contributed by atoms with E-state index < -0.39 is 5.41 Å². The zero-order chi connectivity index (χ0) is 14.9. The fourth-order valence-electron chi connectivity index (χ4n) is 2.94. The Labute approximate surface area is 119 Å². The number of carbonyl (C=O) groups excluding carboxylic acids is 2. The van der Waals surface area contributed by atoms with E-state index in [0.29, 0.717) is 24.9 Å². The van der Waals surface area contributed by atoms with Crippen molar-refractivity contribution in [3.63, 3.8) is 0 Å². The van der Waals surface area contributed by atoms with Gasteiger partial charge >= 0.3 is 0 Å². The molecule has 1 aliphatic rings. The van der Waals surface area contributed by atoms with E-state index in [4.69, 9.17) is 5.73 Å². The molecule has 0 spiro atoms. The van der Waals surface area contributed by atoms with Crippen molar-refractivity contribution >= 4 is 17.5 Å². The first-order valence-corrected chi connectivity index (χ1v) is 7.17. The van der Waals surface area contributed by atoms with Crippen molar-refractivity contribution in [1.82, 2.24) is 4.90 Å². The van der Waals surface area contributed by atoms with Crippen molar-refractivity contribution in [3.8, 4) is 0 Å². The molecule has 1 unspecified atom stereocenters. The first-order valence-electron chi connectivity index (χ1n) is 7.17. The lowest BCUT2D eigenvalue weighted by Crippen LogP contribution is -2.37. The smallest absolute Gasteiger partial charge is 0.236 e. The van der Waals surface area contributed by atoms with E-state index in [0.717, 1.165) is 5.56 Å². The highest BCUT2D eigenvalue weighted by Gasteiger charge is 2.50. The van der Waals surface area contributed by atoms with Gasteiger partial charge in [-0.1, -0.05) is 26.0 Å². The number of hydrogen-bond acceptors (Lipinski definition) is 3. The third-order valence-electron chi connectivity index (χ3n) is 4.59. The fraction of sp³-hybridized carbons (Fsp3) is 0.500. The molecule has 1 atom stereocenters. The second-order valence-corrected chi connectivity index (χ2v) is 5.58. The monoisotopic (exact) mass is 274 g/mol. The Balaban J connectivity index is 2.30. The SMILES string of the molecule is CCC1(CC)CC(=O)N(C(C)c2ccc(N)cc2)C1=O. The Morgan fingerprint density at radius 1 is 1.20 bits per heavy atom. The van der Waals surface area contributed by atoms with Crippen LogP contribution in [-0.2, 0) is 9.59 Å². The Kier molecular flexibility index (Phi) is 3.84. The highest BCUT2D eigenvalue weighted by Crippen LogP contribution is 2.42. The normalized spacial score (nSPS) is 19.4. The predicted molar refractivity (Wildman–Crippen MR) is 78.8 cm³/mol. The van der Waals surface area contributed by atoms with E-state index >= 15 is 0 Å². The Bertz CT molecular complexity index is 518. The minimum Gasteiger partial charge on any atom is -0.399 e. The maximum Gasteiger partial charge on any atom is 0.236 e. The molecule has 0 radical (unpaired) electrons. The van der Waals surface area contributed by atoms with E-state index in [1.807, 2.05) is 32.9 Å². The van der Waals surface area contributed by atoms with Gasteiger partial charge in [0, 0.05) is 12.1 Å². The number of hydrogen-bond donors (Lipinski definition) is 1. The summed E-state index contributed by atoms with van der Waals surface area (Å²) in [5.74, 6) is -0.0974. The summed E-state index contributed by atoms with van der Waals surface area (Å²) in [6, 6.07) is 7.10. The van der Waals surface area contributed by atoms with Crippen LogP contribution in [0, 0.1) is 5.41 Å². The van der Waals surface area contributed by atoms with E-state index in [2.05, 4.69) is 0 Å². The van der Waals surface area contributed by atoms with Crippen LogP contribution in [0.5, 0.6) is 0 Å². The summed E-state index contributed by atoms with van der Waals surface area (Å²) < 4.78 is 0. The van der Waals surface area contributed by atoms with Crippen molar-refractivity contribution < 1.29 is 9.59 Å². The molecule has 2 rings (SSSR count). The number of benzene rings is 1. The zero-order valence-corrected chi connectivity index (χ0v) is 12.3. The van der Waals surface area contributed by atoms with Gasteiger partial charge in [0.1, 0.15) is 0 Å². The molecule has 0 aliphatic carbocycles. The Hall–Kier alpha value is -1.84. The Morgan fingerprint density at radius 3 is 2.20 bits per heavy atom. The lowest BCUT2D eigenvalue weighted by Gasteiger charge is -2.27. The minimum atomic E-state index is -0.501. The number of nitrogens with two attached hydrogens (primary N) is 1. The number of amides is 2. The molecule has 1 aromatic carbocycles. The molecular formula is C16H22N2O2. The number of rotatable bonds is 4. The molecule has 0 saturated carbocycles. The molecule has 2 amide bonds. The lowest BCUT2D eigenvalue weighted by molar-refractivity contribution is -0.144. The molecule has 20 heavy (non-hydrogen) atoms. The molecular weight excluding hydrogens is 252 g/mol. The number of nitrogens with zero attached hydrogens (tertiary/aromatic N) is 1. The van der Waals surface area contributed by atoms with Crippen LogP contribution in [0.2, 0.25) is 0 Å². The molecule has 1 aromatic rings. The third-order valence-corrected chi connectivity index (χ3v) is 4.59. The quantitative estimate of drug-likeness (QED) is 0.678. The summed E-state index contributed by atoms with van der Waals surface area (Å²) in [5.41, 5.74) is 6.78. The van der Waals surface area contributed by atoms with Crippen LogP contribution in [0.4, 0.5) is 5.69 Å². The van der Waals surface area contributed by atoms with Crippen LogP contribution in [0.25, 0.3) is 0 Å². The van der Waals surface area contributed by atoms with Crippen LogP contribution >= 0.6 is 0 Å². The van der Waals surface area contributed by atoms with Gasteiger partial charge in [-0.25, -0.2) is 0 Å². The van der Waals surface area contributed by atoms with E-state index in [1.54, 1.807) is 12.1 Å². The second-order valence-electron chi connectivity index (χ2n) is 5.58. The molecule has 0 bridgehead atoms. The van der Waals surface area contributed by atoms with Crippen molar-refractivity contribution in [2.24, 2.45) is 5.41 Å². The first-order chi connectivity index (χ1) is 9.45. The summed E-state index contributed by atoms with van der Waals surface area (Å²) in [4.78, 5) is 26.4. The van der Waals surface area contributed by atoms with Gasteiger partial charge in [0.15, 0.2) is 0 Å². The highest BCUT2D eigenvalue weighted by atomic mass is 16.2. The van der Waals surface area contributed by atoms with Gasteiger partial charge < -0.3 is 5.73 Å². The maximum absolute atomic E-state index is 12.7. The van der Waals surface area contributed by atoms with Gasteiger partial charge in [0.25, 0.3) is 0 Å². The van der Waals surface area contributed by atoms with Crippen molar-refractivity contribution in [2.75, 3.05) is 5.73 Å². The van der Waals surface area contributed by atoms with Gasteiger partial charge in [-0.3, -0.25) is 14.5 Å². The Morgan fingerprint density at radius 2 is 1.75 bits per heavy atom. The van der Waals surface area contributed by atoms with Gasteiger partial charge in [0.05, 0.1) is 11.5 Å². The maximum atomic E-state index is 12.7. The summed E-state index contributed by atoms with van der Waals surface area (Å²) in [6.07, 6.45) is 1.75. The minimum absolute atomic E-state index is 0.0307. The van der Waals surface area contributed by atoms with Gasteiger partial charge in [-0.2, -0.15) is 0 Å². The molecule has 4 heteroatoms. The summed E-state index contributed by atoms with van der Waals surface area (Å²) in [7, 11) is 0. The van der Waals surface area contributed by atoms with Crippen LogP contribution in [0.1, 0.15) is 51.6 Å². The average Bonchev–Trinajstić information content (AvgIpc) is 2.70. The average molecular weight is 274 g/mol. The van der Waals surface area contributed by atoms with E-state index in [1.165, 1.54) is 4.90 Å². The summed E-state index contributed by atoms with van der Waals surface area (Å²) in [6.45, 7) is 5.85. The summed E-state index contributed by atoms with van der Waals surface area (Å²) >= 11 is 0. The molecule has 108 valence electrons. The van der Waals surface area contributed by atoms with Gasteiger partial charge in [-0.05, 0) is 37.5 Å². The summed E-state index contributed by atoms with van der Waals surface area (Å²) in [5, 5.41) is 0. The molecule has 1 saturated heterocycles. The number of nitrogen functional groups attached to an aromatic ring is 1. The molecule has 2 N–H and O–H groups in total. The number of likely N-dealkylation sites (tertiary alicyclic amines) is 1. The van der Waals surface area contributed by atoms with Crippen LogP contribution in [0.3, 0.4) is 0 Å². The van der Waals surface area contributed by atoms with Crippen molar-refractivity contribution in [1.29, 1.82) is 0 Å². The van der Waals surface area contributed by atoms with Gasteiger partial charge in [-0.15, -0.1) is 0 Å². The van der Waals surface area contributed by atoms with E-state index in [-0.39, 0.29) is 17.9 Å². The largest absolute Gasteiger partial charge is 0.399 e. The molecule has 4 nitrogen and oxygen atoms in total. The van der Waals surface area contributed by atoms with Crippen molar-refractivity contribution in [2.45, 2.75) is 46.1 Å². The molecule has 1 fully saturated rings. The highest BCUT2D eigenvalue weighted by molar-refractivity contribution is 6.06. The molecule has 0 aromatic heterocycles. The van der Waals surface area contributed by atoms with E-state index in [9.17, 15) is 9.59 Å². The lowest BCUT2D eigenvalue weighted by atomic mass is 9.81.